The molecule has 0 saturated carbocycles. The lowest BCUT2D eigenvalue weighted by Gasteiger charge is -2.10. The van der Waals surface area contributed by atoms with Gasteiger partial charge in [0.05, 0.1) is 6.10 Å². The van der Waals surface area contributed by atoms with Crippen LogP contribution in [0.3, 0.4) is 0 Å². The molecule has 0 heterocycles. The summed E-state index contributed by atoms with van der Waals surface area (Å²) in [4.78, 5) is 4.55. The van der Waals surface area contributed by atoms with Crippen molar-refractivity contribution in [2.75, 3.05) is 6.54 Å². The summed E-state index contributed by atoms with van der Waals surface area (Å²) >= 11 is 0. The second-order valence-corrected chi connectivity index (χ2v) is 4.51. The van der Waals surface area contributed by atoms with E-state index in [1.54, 1.807) is 0 Å². The van der Waals surface area contributed by atoms with Crippen LogP contribution in [0, 0.1) is 0 Å². The van der Waals surface area contributed by atoms with Crippen molar-refractivity contribution in [2.45, 2.75) is 46.6 Å². The molecule has 0 unspecified atom stereocenters. The number of ether oxygens (including phenoxy) is 1. The SMILES string of the molecule is CCCC/N=C(\C)c1ccc(OC(C)C)cc1. The highest BCUT2D eigenvalue weighted by Crippen LogP contribution is 2.14. The Hall–Kier alpha value is -1.31. The summed E-state index contributed by atoms with van der Waals surface area (Å²) in [5, 5.41) is 0. The summed E-state index contributed by atoms with van der Waals surface area (Å²) in [6.45, 7) is 9.24. The minimum absolute atomic E-state index is 0.222. The van der Waals surface area contributed by atoms with E-state index in [1.807, 2.05) is 26.0 Å². The Morgan fingerprint density at radius 2 is 1.88 bits per heavy atom. The number of aliphatic imine (C=N–C) groups is 1. The molecule has 17 heavy (non-hydrogen) atoms. The van der Waals surface area contributed by atoms with Crippen LogP contribution in [0.4, 0.5) is 0 Å². The number of benzene rings is 1. The Kier molecular flexibility index (Phi) is 5.75. The van der Waals surface area contributed by atoms with Gasteiger partial charge in [0.15, 0.2) is 0 Å². The second-order valence-electron chi connectivity index (χ2n) is 4.51. The van der Waals surface area contributed by atoms with Crippen molar-refractivity contribution in [1.29, 1.82) is 0 Å². The average Bonchev–Trinajstić information content (AvgIpc) is 2.29. The van der Waals surface area contributed by atoms with Crippen LogP contribution in [0.1, 0.15) is 46.1 Å². The van der Waals surface area contributed by atoms with Crippen molar-refractivity contribution in [2.24, 2.45) is 4.99 Å². The first-order valence-corrected chi connectivity index (χ1v) is 6.41. The van der Waals surface area contributed by atoms with E-state index in [-0.39, 0.29) is 6.10 Å². The van der Waals surface area contributed by atoms with E-state index >= 15 is 0 Å². The maximum absolute atomic E-state index is 5.61. The third kappa shape index (κ3) is 5.03. The molecule has 0 aliphatic carbocycles. The van der Waals surface area contributed by atoms with Gasteiger partial charge < -0.3 is 4.74 Å². The lowest BCUT2D eigenvalue weighted by molar-refractivity contribution is 0.242. The fourth-order valence-corrected chi connectivity index (χ4v) is 1.54. The van der Waals surface area contributed by atoms with Gasteiger partial charge in [-0.3, -0.25) is 4.99 Å². The topological polar surface area (TPSA) is 21.6 Å². The molecule has 1 aromatic carbocycles. The van der Waals surface area contributed by atoms with Gasteiger partial charge in [-0.05, 0) is 57.0 Å². The molecular formula is C15H23NO. The van der Waals surface area contributed by atoms with E-state index in [0.29, 0.717) is 0 Å². The van der Waals surface area contributed by atoms with Gasteiger partial charge in [0.2, 0.25) is 0 Å². The summed E-state index contributed by atoms with van der Waals surface area (Å²) in [7, 11) is 0. The van der Waals surface area contributed by atoms with Crippen molar-refractivity contribution < 1.29 is 4.74 Å². The number of hydrogen-bond donors (Lipinski definition) is 0. The molecule has 1 rings (SSSR count). The largest absolute Gasteiger partial charge is 0.491 e. The summed E-state index contributed by atoms with van der Waals surface area (Å²) in [5.74, 6) is 0.921. The summed E-state index contributed by atoms with van der Waals surface area (Å²) in [6, 6.07) is 8.16. The fourth-order valence-electron chi connectivity index (χ4n) is 1.54. The van der Waals surface area contributed by atoms with Crippen LogP contribution in [0.5, 0.6) is 5.75 Å². The first-order chi connectivity index (χ1) is 8.13. The maximum atomic E-state index is 5.61. The first kappa shape index (κ1) is 13.8. The Morgan fingerprint density at radius 1 is 1.24 bits per heavy atom. The number of rotatable bonds is 6. The second kappa shape index (κ2) is 7.10. The lowest BCUT2D eigenvalue weighted by atomic mass is 10.1. The molecule has 0 N–H and O–H groups in total. The summed E-state index contributed by atoms with van der Waals surface area (Å²) in [6.07, 6.45) is 2.57. The molecule has 0 saturated heterocycles. The van der Waals surface area contributed by atoms with E-state index in [2.05, 4.69) is 31.0 Å². The molecule has 0 amide bonds. The summed E-state index contributed by atoms with van der Waals surface area (Å²) < 4.78 is 5.61. The summed E-state index contributed by atoms with van der Waals surface area (Å²) in [5.41, 5.74) is 2.28. The highest BCUT2D eigenvalue weighted by molar-refractivity contribution is 5.98. The van der Waals surface area contributed by atoms with E-state index in [1.165, 1.54) is 12.0 Å². The van der Waals surface area contributed by atoms with Gasteiger partial charge in [0.25, 0.3) is 0 Å². The van der Waals surface area contributed by atoms with Crippen LogP contribution in [-0.4, -0.2) is 18.4 Å². The maximum Gasteiger partial charge on any atom is 0.119 e. The third-order valence-corrected chi connectivity index (χ3v) is 2.50. The molecule has 0 fully saturated rings. The van der Waals surface area contributed by atoms with Crippen molar-refractivity contribution >= 4 is 5.71 Å². The van der Waals surface area contributed by atoms with Gasteiger partial charge in [-0.15, -0.1) is 0 Å². The van der Waals surface area contributed by atoms with Gasteiger partial charge in [-0.2, -0.15) is 0 Å². The standard InChI is InChI=1S/C15H23NO/c1-5-6-11-16-13(4)14-7-9-15(10-8-14)17-12(2)3/h7-10,12H,5-6,11H2,1-4H3/b16-13+. The zero-order valence-corrected chi connectivity index (χ0v) is 11.4. The van der Waals surface area contributed by atoms with Gasteiger partial charge >= 0.3 is 0 Å². The van der Waals surface area contributed by atoms with E-state index in [0.717, 1.165) is 24.4 Å². The highest BCUT2D eigenvalue weighted by atomic mass is 16.5. The molecule has 0 aliphatic heterocycles. The molecule has 0 aliphatic rings. The van der Waals surface area contributed by atoms with Gasteiger partial charge in [-0.25, -0.2) is 0 Å². The minimum Gasteiger partial charge on any atom is -0.491 e. The zero-order valence-electron chi connectivity index (χ0n) is 11.4. The lowest BCUT2D eigenvalue weighted by Crippen LogP contribution is -2.05. The molecule has 2 heteroatoms. The number of hydrogen-bond acceptors (Lipinski definition) is 2. The van der Waals surface area contributed by atoms with Gasteiger partial charge in [0.1, 0.15) is 5.75 Å². The number of nitrogens with zero attached hydrogens (tertiary/aromatic N) is 1. The smallest absolute Gasteiger partial charge is 0.119 e. The van der Waals surface area contributed by atoms with Gasteiger partial charge in [-0.1, -0.05) is 13.3 Å². The van der Waals surface area contributed by atoms with Crippen molar-refractivity contribution in [3.05, 3.63) is 29.8 Å². The molecule has 0 spiro atoms. The molecule has 0 aromatic heterocycles. The normalized spacial score (nSPS) is 11.9. The zero-order chi connectivity index (χ0) is 12.7. The van der Waals surface area contributed by atoms with E-state index in [9.17, 15) is 0 Å². The quantitative estimate of drug-likeness (QED) is 0.536. The first-order valence-electron chi connectivity index (χ1n) is 6.41. The molecule has 2 nitrogen and oxygen atoms in total. The Balaban J connectivity index is 2.63. The van der Waals surface area contributed by atoms with E-state index < -0.39 is 0 Å². The molecule has 0 radical (unpaired) electrons. The predicted octanol–water partition coefficient (Wildman–Crippen LogP) is 4.08. The molecule has 1 aromatic rings. The van der Waals surface area contributed by atoms with Crippen molar-refractivity contribution in [3.63, 3.8) is 0 Å². The number of unbranched alkanes of at least 4 members (excludes halogenated alkanes) is 1. The van der Waals surface area contributed by atoms with Crippen LogP contribution in [0.25, 0.3) is 0 Å². The van der Waals surface area contributed by atoms with Crippen LogP contribution in [0.15, 0.2) is 29.3 Å². The van der Waals surface area contributed by atoms with Crippen LogP contribution in [-0.2, 0) is 0 Å². The van der Waals surface area contributed by atoms with E-state index in [4.69, 9.17) is 4.74 Å². The van der Waals surface area contributed by atoms with Gasteiger partial charge in [0, 0.05) is 12.3 Å². The van der Waals surface area contributed by atoms with Crippen LogP contribution >= 0.6 is 0 Å². The Morgan fingerprint density at radius 3 is 2.41 bits per heavy atom. The molecule has 94 valence electrons. The fraction of sp³-hybridized carbons (Fsp3) is 0.533. The predicted molar refractivity (Wildman–Crippen MR) is 74.2 cm³/mol. The molecule has 0 bridgehead atoms. The monoisotopic (exact) mass is 233 g/mol. The highest BCUT2D eigenvalue weighted by Gasteiger charge is 2.00. The molecule has 0 atom stereocenters. The van der Waals surface area contributed by atoms with Crippen LogP contribution < -0.4 is 4.74 Å². The average molecular weight is 233 g/mol. The molecular weight excluding hydrogens is 210 g/mol. The Bertz CT molecular complexity index is 352. The Labute approximate surface area is 105 Å². The van der Waals surface area contributed by atoms with Crippen LogP contribution in [0.2, 0.25) is 0 Å². The minimum atomic E-state index is 0.222. The van der Waals surface area contributed by atoms with Crippen molar-refractivity contribution in [3.8, 4) is 5.75 Å². The third-order valence-electron chi connectivity index (χ3n) is 2.50. The van der Waals surface area contributed by atoms with Crippen molar-refractivity contribution in [1.82, 2.24) is 0 Å².